The highest BCUT2D eigenvalue weighted by Crippen LogP contribution is 2.30. The fourth-order valence-electron chi connectivity index (χ4n) is 2.06. The molecule has 0 radical (unpaired) electrons. The molecule has 0 bridgehead atoms. The topological polar surface area (TPSA) is 12.0 Å². The highest BCUT2D eigenvalue weighted by Gasteiger charge is 2.20. The van der Waals surface area contributed by atoms with Crippen LogP contribution in [0, 0.1) is 17.5 Å². The summed E-state index contributed by atoms with van der Waals surface area (Å²) in [4.78, 5) is 0. The van der Waals surface area contributed by atoms with Crippen LogP contribution in [0.1, 0.15) is 24.1 Å². The summed E-state index contributed by atoms with van der Waals surface area (Å²) in [7, 11) is 0. The van der Waals surface area contributed by atoms with Crippen molar-refractivity contribution >= 4 is 27.5 Å². The summed E-state index contributed by atoms with van der Waals surface area (Å²) in [6.07, 6.45) is 0. The standard InChI is InChI=1S/C15H12BrClF3N/c1-2-21-15(8-3-4-12(18)11(17)5-8)9-6-14(20)10(16)7-13(9)19/h3-7,15,21H,2H2,1H3. The molecule has 2 aromatic carbocycles. The lowest BCUT2D eigenvalue weighted by molar-refractivity contribution is 0.541. The van der Waals surface area contributed by atoms with Crippen molar-refractivity contribution in [2.24, 2.45) is 0 Å². The number of hydrogen-bond donors (Lipinski definition) is 1. The molecule has 0 amide bonds. The molecule has 2 aromatic rings. The van der Waals surface area contributed by atoms with Crippen LogP contribution in [0.4, 0.5) is 13.2 Å². The normalized spacial score (nSPS) is 12.5. The minimum Gasteiger partial charge on any atom is -0.306 e. The van der Waals surface area contributed by atoms with Crippen molar-refractivity contribution in [3.63, 3.8) is 0 Å². The Kier molecular flexibility index (Phi) is 5.30. The van der Waals surface area contributed by atoms with E-state index in [4.69, 9.17) is 11.6 Å². The van der Waals surface area contributed by atoms with E-state index in [0.29, 0.717) is 12.1 Å². The van der Waals surface area contributed by atoms with Gasteiger partial charge in [-0.3, -0.25) is 0 Å². The SMILES string of the molecule is CCNC(c1ccc(F)c(Cl)c1)c1cc(F)c(Br)cc1F. The summed E-state index contributed by atoms with van der Waals surface area (Å²) in [5.41, 5.74) is 0.698. The highest BCUT2D eigenvalue weighted by molar-refractivity contribution is 9.10. The Hall–Kier alpha value is -1.04. The Morgan fingerprint density at radius 2 is 1.81 bits per heavy atom. The first-order chi connectivity index (χ1) is 9.93. The number of rotatable bonds is 4. The largest absolute Gasteiger partial charge is 0.306 e. The molecular formula is C15H12BrClF3N. The van der Waals surface area contributed by atoms with E-state index in [1.807, 2.05) is 6.92 Å². The van der Waals surface area contributed by atoms with Crippen LogP contribution in [-0.4, -0.2) is 6.54 Å². The van der Waals surface area contributed by atoms with Gasteiger partial charge in [0.15, 0.2) is 0 Å². The molecule has 6 heteroatoms. The van der Waals surface area contributed by atoms with Gasteiger partial charge in [-0.2, -0.15) is 0 Å². The van der Waals surface area contributed by atoms with Crippen LogP contribution < -0.4 is 5.32 Å². The van der Waals surface area contributed by atoms with Gasteiger partial charge in [-0.15, -0.1) is 0 Å². The fourth-order valence-corrected chi connectivity index (χ4v) is 2.57. The molecule has 0 aromatic heterocycles. The zero-order valence-electron chi connectivity index (χ0n) is 11.1. The second kappa shape index (κ2) is 6.81. The van der Waals surface area contributed by atoms with Crippen LogP contribution >= 0.6 is 27.5 Å². The Morgan fingerprint density at radius 1 is 1.10 bits per heavy atom. The third-order valence-electron chi connectivity index (χ3n) is 3.04. The van der Waals surface area contributed by atoms with Crippen molar-refractivity contribution in [2.75, 3.05) is 6.54 Å². The molecule has 21 heavy (non-hydrogen) atoms. The molecule has 0 heterocycles. The Bertz CT molecular complexity index is 664. The molecule has 112 valence electrons. The quantitative estimate of drug-likeness (QED) is 0.719. The number of hydrogen-bond acceptors (Lipinski definition) is 1. The Labute approximate surface area is 134 Å². The van der Waals surface area contributed by atoms with E-state index in [-0.39, 0.29) is 15.1 Å². The predicted molar refractivity (Wildman–Crippen MR) is 81.0 cm³/mol. The highest BCUT2D eigenvalue weighted by atomic mass is 79.9. The second-order valence-electron chi connectivity index (χ2n) is 4.45. The van der Waals surface area contributed by atoms with Crippen molar-refractivity contribution < 1.29 is 13.2 Å². The zero-order chi connectivity index (χ0) is 15.6. The van der Waals surface area contributed by atoms with Gasteiger partial charge in [0, 0.05) is 5.56 Å². The second-order valence-corrected chi connectivity index (χ2v) is 5.71. The minimum atomic E-state index is -0.615. The monoisotopic (exact) mass is 377 g/mol. The lowest BCUT2D eigenvalue weighted by Crippen LogP contribution is -2.23. The first-order valence-electron chi connectivity index (χ1n) is 6.26. The fraction of sp³-hybridized carbons (Fsp3) is 0.200. The van der Waals surface area contributed by atoms with Crippen LogP contribution in [0.25, 0.3) is 0 Å². The minimum absolute atomic E-state index is 0.0520. The van der Waals surface area contributed by atoms with E-state index in [2.05, 4.69) is 21.2 Å². The van der Waals surface area contributed by atoms with E-state index in [0.717, 1.165) is 12.1 Å². The molecule has 1 nitrogen and oxygen atoms in total. The van der Waals surface area contributed by atoms with Crippen LogP contribution in [0.15, 0.2) is 34.8 Å². The molecule has 1 unspecified atom stereocenters. The summed E-state index contributed by atoms with van der Waals surface area (Å²) < 4.78 is 41.1. The first kappa shape index (κ1) is 16.3. The lowest BCUT2D eigenvalue weighted by atomic mass is 9.98. The van der Waals surface area contributed by atoms with Gasteiger partial charge in [0.05, 0.1) is 15.5 Å². The van der Waals surface area contributed by atoms with E-state index < -0.39 is 23.5 Å². The summed E-state index contributed by atoms with van der Waals surface area (Å²) in [5.74, 6) is -1.68. The van der Waals surface area contributed by atoms with Crippen LogP contribution in [-0.2, 0) is 0 Å². The van der Waals surface area contributed by atoms with Crippen molar-refractivity contribution in [2.45, 2.75) is 13.0 Å². The van der Waals surface area contributed by atoms with Crippen molar-refractivity contribution in [3.8, 4) is 0 Å². The molecule has 0 saturated heterocycles. The zero-order valence-corrected chi connectivity index (χ0v) is 13.4. The van der Waals surface area contributed by atoms with E-state index in [9.17, 15) is 13.2 Å². The predicted octanol–water partition coefficient (Wildman–Crippen LogP) is 5.22. The van der Waals surface area contributed by atoms with E-state index >= 15 is 0 Å². The van der Waals surface area contributed by atoms with E-state index in [1.165, 1.54) is 18.2 Å². The van der Waals surface area contributed by atoms with Crippen LogP contribution in [0.5, 0.6) is 0 Å². The molecule has 0 fully saturated rings. The average molecular weight is 379 g/mol. The van der Waals surface area contributed by atoms with Gasteiger partial charge in [0.25, 0.3) is 0 Å². The molecule has 1 N–H and O–H groups in total. The average Bonchev–Trinajstić information content (AvgIpc) is 2.44. The summed E-state index contributed by atoms with van der Waals surface area (Å²) >= 11 is 8.70. The summed E-state index contributed by atoms with van der Waals surface area (Å²) in [5, 5.41) is 2.98. The van der Waals surface area contributed by atoms with Crippen molar-refractivity contribution in [1.82, 2.24) is 5.32 Å². The van der Waals surface area contributed by atoms with Gasteiger partial charge in [-0.1, -0.05) is 24.6 Å². The number of benzene rings is 2. The molecule has 0 spiro atoms. The number of nitrogens with one attached hydrogen (secondary N) is 1. The van der Waals surface area contributed by atoms with Gasteiger partial charge in [-0.05, 0) is 52.3 Å². The van der Waals surface area contributed by atoms with Crippen molar-refractivity contribution in [1.29, 1.82) is 0 Å². The van der Waals surface area contributed by atoms with Gasteiger partial charge >= 0.3 is 0 Å². The van der Waals surface area contributed by atoms with E-state index in [1.54, 1.807) is 0 Å². The van der Waals surface area contributed by atoms with Gasteiger partial charge < -0.3 is 5.32 Å². The van der Waals surface area contributed by atoms with Gasteiger partial charge in [0.2, 0.25) is 0 Å². The molecular weight excluding hydrogens is 367 g/mol. The third kappa shape index (κ3) is 3.59. The molecule has 0 aliphatic heterocycles. The molecule has 0 aliphatic rings. The molecule has 1 atom stereocenters. The maximum atomic E-state index is 14.1. The molecule has 2 rings (SSSR count). The first-order valence-corrected chi connectivity index (χ1v) is 7.44. The maximum Gasteiger partial charge on any atom is 0.141 e. The van der Waals surface area contributed by atoms with Crippen LogP contribution in [0.3, 0.4) is 0 Å². The molecule has 0 aliphatic carbocycles. The maximum absolute atomic E-state index is 14.1. The number of halogens is 5. The lowest BCUT2D eigenvalue weighted by Gasteiger charge is -2.20. The Morgan fingerprint density at radius 3 is 2.43 bits per heavy atom. The van der Waals surface area contributed by atoms with Crippen molar-refractivity contribution in [3.05, 3.63) is 68.4 Å². The molecule has 0 saturated carbocycles. The van der Waals surface area contributed by atoms with Gasteiger partial charge in [-0.25, -0.2) is 13.2 Å². The van der Waals surface area contributed by atoms with Crippen LogP contribution in [0.2, 0.25) is 5.02 Å². The smallest absolute Gasteiger partial charge is 0.141 e. The third-order valence-corrected chi connectivity index (χ3v) is 3.93. The van der Waals surface area contributed by atoms with Gasteiger partial charge in [0.1, 0.15) is 17.5 Å². The Balaban J connectivity index is 2.52. The summed E-state index contributed by atoms with van der Waals surface area (Å²) in [6, 6.07) is 5.67. The summed E-state index contributed by atoms with van der Waals surface area (Å²) in [6.45, 7) is 2.36.